The molecule has 2 amide bonds. The van der Waals surface area contributed by atoms with Gasteiger partial charge in [-0.05, 0) is 25.7 Å². The Labute approximate surface area is 143 Å². The van der Waals surface area contributed by atoms with Gasteiger partial charge < -0.3 is 11.5 Å². The van der Waals surface area contributed by atoms with Gasteiger partial charge >= 0.3 is 18.9 Å². The fourth-order valence-corrected chi connectivity index (χ4v) is 2.00. The van der Waals surface area contributed by atoms with E-state index in [0.717, 1.165) is 51.4 Å². The molecule has 21 heavy (non-hydrogen) atoms. The van der Waals surface area contributed by atoms with Crippen molar-refractivity contribution in [2.24, 2.45) is 23.3 Å². The standard InChI is InChI=1S/2C8H17NO.Li.H/c2*1-3-5-6-7(4-2)8(9)10;;/h2*7H,3-6H2,1-2H3,(H2,9,10);;. The average molecular weight is 294 g/mol. The normalized spacial score (nSPS) is 12.4. The molecule has 0 aromatic carbocycles. The van der Waals surface area contributed by atoms with Gasteiger partial charge in [-0.25, -0.2) is 0 Å². The van der Waals surface area contributed by atoms with E-state index in [9.17, 15) is 9.59 Å². The number of nitrogens with two attached hydrogens (primary N) is 2. The Morgan fingerprint density at radius 1 is 0.762 bits per heavy atom. The summed E-state index contributed by atoms with van der Waals surface area (Å²) < 4.78 is 0. The Kier molecular flexibility index (Phi) is 21.3. The second kappa shape index (κ2) is 17.6. The molecule has 0 aromatic rings. The topological polar surface area (TPSA) is 86.2 Å². The molecule has 2 atom stereocenters. The van der Waals surface area contributed by atoms with Crippen LogP contribution in [0.5, 0.6) is 0 Å². The van der Waals surface area contributed by atoms with Gasteiger partial charge in [0.1, 0.15) is 0 Å². The van der Waals surface area contributed by atoms with Crippen LogP contribution in [0.1, 0.15) is 79.1 Å². The van der Waals surface area contributed by atoms with Crippen LogP contribution in [0.15, 0.2) is 0 Å². The summed E-state index contributed by atoms with van der Waals surface area (Å²) in [5, 5.41) is 0. The summed E-state index contributed by atoms with van der Waals surface area (Å²) in [5.74, 6) is -0.0631. The molecule has 0 heterocycles. The van der Waals surface area contributed by atoms with E-state index in [1.54, 1.807) is 0 Å². The maximum absolute atomic E-state index is 10.7. The van der Waals surface area contributed by atoms with E-state index in [0.29, 0.717) is 0 Å². The number of hydrogen-bond donors (Lipinski definition) is 2. The van der Waals surface area contributed by atoms with Crippen molar-refractivity contribution in [2.45, 2.75) is 79.1 Å². The second-order valence-electron chi connectivity index (χ2n) is 5.30. The number of carbonyl (C=O) groups excluding carboxylic acids is 2. The van der Waals surface area contributed by atoms with Gasteiger partial charge in [0.2, 0.25) is 11.8 Å². The molecule has 0 saturated carbocycles. The van der Waals surface area contributed by atoms with Crippen LogP contribution in [0.2, 0.25) is 0 Å². The van der Waals surface area contributed by atoms with Crippen molar-refractivity contribution in [1.82, 2.24) is 0 Å². The van der Waals surface area contributed by atoms with Crippen molar-refractivity contribution in [3.05, 3.63) is 0 Å². The number of carbonyl (C=O) groups is 2. The third kappa shape index (κ3) is 15.7. The fraction of sp³-hybridized carbons (Fsp3) is 0.875. The first-order chi connectivity index (χ1) is 9.44. The molecule has 0 rings (SSSR count). The van der Waals surface area contributed by atoms with Gasteiger partial charge in [0, 0.05) is 11.8 Å². The summed E-state index contributed by atoms with van der Waals surface area (Å²) in [4.78, 5) is 21.3. The first-order valence-electron chi connectivity index (χ1n) is 8.02. The van der Waals surface area contributed by atoms with Gasteiger partial charge in [-0.2, -0.15) is 0 Å². The number of hydrogen-bond acceptors (Lipinski definition) is 2. The van der Waals surface area contributed by atoms with Crippen molar-refractivity contribution in [2.75, 3.05) is 0 Å². The summed E-state index contributed by atoms with van der Waals surface area (Å²) in [6.07, 6.45) is 8.20. The van der Waals surface area contributed by atoms with Gasteiger partial charge in [0.05, 0.1) is 0 Å². The summed E-state index contributed by atoms with van der Waals surface area (Å²) in [7, 11) is 0. The van der Waals surface area contributed by atoms with Crippen LogP contribution in [0.25, 0.3) is 0 Å². The van der Waals surface area contributed by atoms with Gasteiger partial charge in [0.25, 0.3) is 0 Å². The third-order valence-electron chi connectivity index (χ3n) is 3.60. The Bertz CT molecular complexity index is 235. The van der Waals surface area contributed by atoms with E-state index in [1.807, 2.05) is 13.8 Å². The molecule has 0 spiro atoms. The molecule has 2 unspecified atom stereocenters. The predicted molar refractivity (Wildman–Crippen MR) is 92.1 cm³/mol. The van der Waals surface area contributed by atoms with Gasteiger partial charge in [-0.15, -0.1) is 0 Å². The number of rotatable bonds is 10. The average Bonchev–Trinajstić information content (AvgIpc) is 2.40. The first kappa shape index (κ1) is 25.5. The van der Waals surface area contributed by atoms with Crippen LogP contribution in [0.3, 0.4) is 0 Å². The minimum absolute atomic E-state index is 0. The van der Waals surface area contributed by atoms with Crippen LogP contribution < -0.4 is 11.5 Å². The third-order valence-corrected chi connectivity index (χ3v) is 3.60. The van der Waals surface area contributed by atoms with E-state index < -0.39 is 0 Å². The minimum atomic E-state index is -0.143. The Balaban J connectivity index is -0.000000295. The van der Waals surface area contributed by atoms with Crippen LogP contribution in [0.4, 0.5) is 0 Å². The SMILES string of the molecule is CCCCC(CC)C(N)=O.CCCCC(CC)C(N)=O.[LiH]. The molecular weight excluding hydrogens is 259 g/mol. The zero-order chi connectivity index (χ0) is 16.0. The molecular formula is C16H35LiN2O2. The summed E-state index contributed by atoms with van der Waals surface area (Å²) >= 11 is 0. The zero-order valence-corrected chi connectivity index (χ0v) is 13.8. The van der Waals surface area contributed by atoms with E-state index in [4.69, 9.17) is 11.5 Å². The first-order valence-corrected chi connectivity index (χ1v) is 8.02. The van der Waals surface area contributed by atoms with E-state index in [-0.39, 0.29) is 42.5 Å². The molecule has 5 heteroatoms. The van der Waals surface area contributed by atoms with E-state index in [2.05, 4.69) is 13.8 Å². The Hall–Kier alpha value is -0.463. The van der Waals surface area contributed by atoms with Crippen LogP contribution in [-0.2, 0) is 9.59 Å². The summed E-state index contributed by atoms with van der Waals surface area (Å²) in [6.45, 7) is 8.25. The van der Waals surface area contributed by atoms with Gasteiger partial charge in [-0.3, -0.25) is 9.59 Å². The van der Waals surface area contributed by atoms with E-state index in [1.165, 1.54) is 0 Å². The number of unbranched alkanes of at least 4 members (excludes halogenated alkanes) is 2. The molecule has 0 saturated heterocycles. The van der Waals surface area contributed by atoms with Gasteiger partial charge in [0.15, 0.2) is 0 Å². The molecule has 0 aliphatic rings. The van der Waals surface area contributed by atoms with E-state index >= 15 is 0 Å². The fourth-order valence-electron chi connectivity index (χ4n) is 2.00. The quantitative estimate of drug-likeness (QED) is 0.607. The van der Waals surface area contributed by atoms with Crippen LogP contribution in [0, 0.1) is 11.8 Å². The molecule has 0 aliphatic heterocycles. The monoisotopic (exact) mass is 294 g/mol. The molecule has 0 bridgehead atoms. The molecule has 122 valence electrons. The molecule has 0 radical (unpaired) electrons. The molecule has 0 aliphatic carbocycles. The molecule has 4 N–H and O–H groups in total. The maximum atomic E-state index is 10.7. The molecule has 4 nitrogen and oxygen atoms in total. The Morgan fingerprint density at radius 3 is 1.19 bits per heavy atom. The van der Waals surface area contributed by atoms with Crippen molar-refractivity contribution in [1.29, 1.82) is 0 Å². The number of primary amides is 2. The van der Waals surface area contributed by atoms with Crippen molar-refractivity contribution >= 4 is 30.7 Å². The summed E-state index contributed by atoms with van der Waals surface area (Å²) in [6, 6.07) is 0. The van der Waals surface area contributed by atoms with Crippen LogP contribution in [-0.4, -0.2) is 30.7 Å². The molecule has 0 aromatic heterocycles. The zero-order valence-electron chi connectivity index (χ0n) is 13.8. The predicted octanol–water partition coefficient (Wildman–Crippen LogP) is 2.73. The summed E-state index contributed by atoms with van der Waals surface area (Å²) in [5.41, 5.74) is 10.3. The van der Waals surface area contributed by atoms with Crippen molar-refractivity contribution in [3.63, 3.8) is 0 Å². The molecule has 0 fully saturated rings. The van der Waals surface area contributed by atoms with Crippen LogP contribution >= 0.6 is 0 Å². The number of amides is 2. The van der Waals surface area contributed by atoms with Gasteiger partial charge in [-0.1, -0.05) is 53.4 Å². The second-order valence-corrected chi connectivity index (χ2v) is 5.30. The Morgan fingerprint density at radius 2 is 1.05 bits per heavy atom. The van der Waals surface area contributed by atoms with Crippen molar-refractivity contribution in [3.8, 4) is 0 Å². The van der Waals surface area contributed by atoms with Crippen molar-refractivity contribution < 1.29 is 9.59 Å².